The quantitative estimate of drug-likeness (QED) is 0.815. The molecule has 104 valence electrons. The highest BCUT2D eigenvalue weighted by molar-refractivity contribution is 5.28. The van der Waals surface area contributed by atoms with E-state index < -0.39 is 0 Å². The molecule has 2 aliphatic rings. The van der Waals surface area contributed by atoms with Gasteiger partial charge in [0.05, 0.1) is 0 Å². The summed E-state index contributed by atoms with van der Waals surface area (Å²) in [6, 6.07) is 10.1. The third-order valence-corrected chi connectivity index (χ3v) is 5.26. The second kappa shape index (κ2) is 6.09. The van der Waals surface area contributed by atoms with Crippen LogP contribution in [0, 0.1) is 0 Å². The molecule has 2 N–H and O–H groups in total. The molecule has 1 aromatic rings. The van der Waals surface area contributed by atoms with Gasteiger partial charge in [0.2, 0.25) is 0 Å². The van der Waals surface area contributed by atoms with E-state index in [0.717, 1.165) is 11.8 Å². The lowest BCUT2D eigenvalue weighted by atomic mass is 9.80. The normalized spacial score (nSPS) is 29.3. The van der Waals surface area contributed by atoms with Gasteiger partial charge in [-0.25, -0.2) is 0 Å². The molecule has 0 spiro atoms. The highest BCUT2D eigenvalue weighted by Crippen LogP contribution is 2.35. The summed E-state index contributed by atoms with van der Waals surface area (Å²) in [4.78, 5) is 0. The summed E-state index contributed by atoms with van der Waals surface area (Å²) in [7, 11) is 0. The standard InChI is InChI=1S/C18H27N/c19-18-12-10-17(11-13-18)16-8-6-15(7-9-16)14-4-2-1-3-5-14/h6-9,14,17-18H,1-5,10-13,19H2. The highest BCUT2D eigenvalue weighted by atomic mass is 14.6. The average molecular weight is 257 g/mol. The second-order valence-corrected chi connectivity index (χ2v) is 6.61. The predicted octanol–water partition coefficient (Wildman–Crippen LogP) is 4.72. The summed E-state index contributed by atoms with van der Waals surface area (Å²) >= 11 is 0. The van der Waals surface area contributed by atoms with Crippen molar-refractivity contribution in [1.29, 1.82) is 0 Å². The van der Waals surface area contributed by atoms with Gasteiger partial charge in [0.1, 0.15) is 0 Å². The van der Waals surface area contributed by atoms with E-state index in [1.165, 1.54) is 57.8 Å². The van der Waals surface area contributed by atoms with Crippen LogP contribution in [0.2, 0.25) is 0 Å². The fourth-order valence-electron chi connectivity index (χ4n) is 3.93. The van der Waals surface area contributed by atoms with E-state index in [0.29, 0.717) is 6.04 Å². The van der Waals surface area contributed by atoms with Crippen molar-refractivity contribution in [2.75, 3.05) is 0 Å². The lowest BCUT2D eigenvalue weighted by Gasteiger charge is -2.27. The van der Waals surface area contributed by atoms with E-state index in [1.807, 2.05) is 0 Å². The van der Waals surface area contributed by atoms with Crippen LogP contribution in [-0.2, 0) is 0 Å². The summed E-state index contributed by atoms with van der Waals surface area (Å²) in [5.41, 5.74) is 9.12. The average Bonchev–Trinajstić information content (AvgIpc) is 2.49. The van der Waals surface area contributed by atoms with Crippen LogP contribution in [0.5, 0.6) is 0 Å². The van der Waals surface area contributed by atoms with Crippen molar-refractivity contribution in [3.63, 3.8) is 0 Å². The summed E-state index contributed by atoms with van der Waals surface area (Å²) < 4.78 is 0. The molecule has 0 saturated heterocycles. The molecule has 0 atom stereocenters. The van der Waals surface area contributed by atoms with E-state index in [2.05, 4.69) is 24.3 Å². The zero-order chi connectivity index (χ0) is 13.1. The minimum Gasteiger partial charge on any atom is -0.328 e. The van der Waals surface area contributed by atoms with Crippen molar-refractivity contribution in [3.05, 3.63) is 35.4 Å². The zero-order valence-corrected chi connectivity index (χ0v) is 12.0. The van der Waals surface area contributed by atoms with Gasteiger partial charge in [0.25, 0.3) is 0 Å². The minimum atomic E-state index is 0.456. The van der Waals surface area contributed by atoms with Gasteiger partial charge in [-0.1, -0.05) is 43.5 Å². The molecule has 0 amide bonds. The Morgan fingerprint density at radius 3 is 1.63 bits per heavy atom. The number of hydrogen-bond acceptors (Lipinski definition) is 1. The third kappa shape index (κ3) is 3.20. The highest BCUT2D eigenvalue weighted by Gasteiger charge is 2.20. The molecule has 1 aromatic carbocycles. The van der Waals surface area contributed by atoms with Crippen LogP contribution in [0.25, 0.3) is 0 Å². The monoisotopic (exact) mass is 257 g/mol. The molecule has 0 aliphatic heterocycles. The van der Waals surface area contributed by atoms with Gasteiger partial charge in [-0.2, -0.15) is 0 Å². The number of benzene rings is 1. The van der Waals surface area contributed by atoms with Gasteiger partial charge < -0.3 is 5.73 Å². The molecule has 2 saturated carbocycles. The van der Waals surface area contributed by atoms with E-state index in [1.54, 1.807) is 11.1 Å². The SMILES string of the molecule is NC1CCC(c2ccc(C3CCCCC3)cc2)CC1. The van der Waals surface area contributed by atoms with Crippen molar-refractivity contribution in [3.8, 4) is 0 Å². The first-order valence-electron chi connectivity index (χ1n) is 8.18. The molecule has 0 bridgehead atoms. The largest absolute Gasteiger partial charge is 0.328 e. The Labute approximate surface area is 117 Å². The fraction of sp³-hybridized carbons (Fsp3) is 0.667. The summed E-state index contributed by atoms with van der Waals surface area (Å²) in [5, 5.41) is 0. The van der Waals surface area contributed by atoms with Gasteiger partial charge in [0.15, 0.2) is 0 Å². The fourth-order valence-corrected chi connectivity index (χ4v) is 3.93. The smallest absolute Gasteiger partial charge is 0.00392 e. The molecule has 1 nitrogen and oxygen atoms in total. The second-order valence-electron chi connectivity index (χ2n) is 6.61. The number of nitrogens with two attached hydrogens (primary N) is 1. The molecule has 3 rings (SSSR count). The predicted molar refractivity (Wildman–Crippen MR) is 81.5 cm³/mol. The van der Waals surface area contributed by atoms with Gasteiger partial charge in [-0.05, 0) is 61.5 Å². The van der Waals surface area contributed by atoms with Gasteiger partial charge >= 0.3 is 0 Å². The zero-order valence-electron chi connectivity index (χ0n) is 12.0. The first-order chi connectivity index (χ1) is 9.33. The lowest BCUT2D eigenvalue weighted by Crippen LogP contribution is -2.25. The maximum atomic E-state index is 6.00. The summed E-state index contributed by atoms with van der Waals surface area (Å²) in [5.74, 6) is 1.60. The molecule has 0 unspecified atom stereocenters. The van der Waals surface area contributed by atoms with Crippen molar-refractivity contribution in [2.45, 2.75) is 75.7 Å². The summed E-state index contributed by atoms with van der Waals surface area (Å²) in [6.07, 6.45) is 12.1. The molecule has 2 fully saturated rings. The molecule has 19 heavy (non-hydrogen) atoms. The van der Waals surface area contributed by atoms with E-state index in [9.17, 15) is 0 Å². The van der Waals surface area contributed by atoms with Crippen LogP contribution in [0.4, 0.5) is 0 Å². The van der Waals surface area contributed by atoms with Crippen LogP contribution >= 0.6 is 0 Å². The maximum absolute atomic E-state index is 6.00. The van der Waals surface area contributed by atoms with Crippen molar-refractivity contribution in [1.82, 2.24) is 0 Å². The first kappa shape index (κ1) is 13.2. The third-order valence-electron chi connectivity index (χ3n) is 5.26. The Kier molecular flexibility index (Phi) is 4.22. The lowest BCUT2D eigenvalue weighted by molar-refractivity contribution is 0.395. The van der Waals surface area contributed by atoms with Crippen LogP contribution in [0.3, 0.4) is 0 Å². The van der Waals surface area contributed by atoms with Gasteiger partial charge in [-0.3, -0.25) is 0 Å². The topological polar surface area (TPSA) is 26.0 Å². The molecule has 0 aromatic heterocycles. The number of hydrogen-bond donors (Lipinski definition) is 1. The number of rotatable bonds is 2. The van der Waals surface area contributed by atoms with Crippen LogP contribution in [0.15, 0.2) is 24.3 Å². The Bertz CT molecular complexity index is 381. The minimum absolute atomic E-state index is 0.456. The molecule has 0 heterocycles. The van der Waals surface area contributed by atoms with E-state index in [4.69, 9.17) is 5.73 Å². The Hall–Kier alpha value is -0.820. The first-order valence-corrected chi connectivity index (χ1v) is 8.18. The van der Waals surface area contributed by atoms with Crippen LogP contribution < -0.4 is 5.73 Å². The molecule has 1 heteroatoms. The van der Waals surface area contributed by atoms with Crippen molar-refractivity contribution in [2.24, 2.45) is 5.73 Å². The van der Waals surface area contributed by atoms with Gasteiger partial charge in [0, 0.05) is 6.04 Å². The Morgan fingerprint density at radius 1 is 0.632 bits per heavy atom. The van der Waals surface area contributed by atoms with Crippen LogP contribution in [-0.4, -0.2) is 6.04 Å². The van der Waals surface area contributed by atoms with Crippen LogP contribution in [0.1, 0.15) is 80.8 Å². The van der Waals surface area contributed by atoms with Gasteiger partial charge in [-0.15, -0.1) is 0 Å². The summed E-state index contributed by atoms with van der Waals surface area (Å²) in [6.45, 7) is 0. The molecule has 2 aliphatic carbocycles. The van der Waals surface area contributed by atoms with E-state index in [-0.39, 0.29) is 0 Å². The van der Waals surface area contributed by atoms with Crippen molar-refractivity contribution >= 4 is 0 Å². The van der Waals surface area contributed by atoms with E-state index >= 15 is 0 Å². The molecular formula is C18H27N. The van der Waals surface area contributed by atoms with Crippen molar-refractivity contribution < 1.29 is 0 Å². The molecular weight excluding hydrogens is 230 g/mol. The Morgan fingerprint density at radius 2 is 1.11 bits per heavy atom. The Balaban J connectivity index is 1.65. The molecule has 0 radical (unpaired) electrons. The maximum Gasteiger partial charge on any atom is 0.00392 e.